The van der Waals surface area contributed by atoms with Crippen molar-refractivity contribution in [2.75, 3.05) is 31.5 Å². The first-order valence-corrected chi connectivity index (χ1v) is 7.17. The molecule has 2 aromatic rings. The van der Waals surface area contributed by atoms with Gasteiger partial charge in [0.25, 0.3) is 0 Å². The third-order valence-corrected chi connectivity index (χ3v) is 3.37. The van der Waals surface area contributed by atoms with E-state index in [1.54, 1.807) is 6.33 Å². The number of anilines is 1. The highest BCUT2D eigenvalue weighted by Crippen LogP contribution is 2.17. The maximum absolute atomic E-state index is 4.32. The van der Waals surface area contributed by atoms with Gasteiger partial charge in [0, 0.05) is 24.7 Å². The molecule has 1 heterocycles. The van der Waals surface area contributed by atoms with Crippen molar-refractivity contribution >= 4 is 18.2 Å². The lowest BCUT2D eigenvalue weighted by molar-refractivity contribution is 0.316. The Kier molecular flexibility index (Phi) is 7.72. The van der Waals surface area contributed by atoms with E-state index in [0.29, 0.717) is 0 Å². The summed E-state index contributed by atoms with van der Waals surface area (Å²) in [5.41, 5.74) is 2.06. The van der Waals surface area contributed by atoms with Gasteiger partial charge in [-0.05, 0) is 13.1 Å². The predicted octanol–water partition coefficient (Wildman–Crippen LogP) is 3.32. The maximum Gasteiger partial charge on any atom is 0.129 e. The molecule has 2 rings (SSSR count). The van der Waals surface area contributed by atoms with E-state index >= 15 is 0 Å². The van der Waals surface area contributed by atoms with Crippen molar-refractivity contribution in [3.8, 4) is 11.3 Å². The van der Waals surface area contributed by atoms with Crippen molar-refractivity contribution in [1.82, 2.24) is 14.9 Å². The summed E-state index contributed by atoms with van der Waals surface area (Å²) in [7, 11) is 0. The van der Waals surface area contributed by atoms with Crippen LogP contribution in [-0.4, -0.2) is 41.0 Å². The Morgan fingerprint density at radius 3 is 2.43 bits per heavy atom. The van der Waals surface area contributed by atoms with Gasteiger partial charge in [-0.1, -0.05) is 44.2 Å². The fourth-order valence-corrected chi connectivity index (χ4v) is 2.10. The highest BCUT2D eigenvalue weighted by molar-refractivity contribution is 5.85. The van der Waals surface area contributed by atoms with Crippen molar-refractivity contribution in [1.29, 1.82) is 0 Å². The molecule has 5 heteroatoms. The first kappa shape index (κ1) is 17.4. The largest absolute Gasteiger partial charge is 0.369 e. The van der Waals surface area contributed by atoms with Crippen LogP contribution in [0.2, 0.25) is 0 Å². The number of hydrogen-bond donors (Lipinski definition) is 1. The fourth-order valence-electron chi connectivity index (χ4n) is 2.10. The number of nitrogens with one attached hydrogen (secondary N) is 1. The normalized spacial score (nSPS) is 10.2. The Morgan fingerprint density at radius 1 is 1.05 bits per heavy atom. The second-order valence-corrected chi connectivity index (χ2v) is 4.61. The summed E-state index contributed by atoms with van der Waals surface area (Å²) >= 11 is 0. The molecular weight excluding hydrogens is 284 g/mol. The van der Waals surface area contributed by atoms with Crippen LogP contribution in [0.4, 0.5) is 5.82 Å². The van der Waals surface area contributed by atoms with Crippen LogP contribution in [0.5, 0.6) is 0 Å². The number of nitrogens with zero attached hydrogens (tertiary/aromatic N) is 3. The van der Waals surface area contributed by atoms with Gasteiger partial charge in [0.2, 0.25) is 0 Å². The number of benzene rings is 1. The van der Waals surface area contributed by atoms with Crippen LogP contribution in [-0.2, 0) is 0 Å². The quantitative estimate of drug-likeness (QED) is 0.852. The van der Waals surface area contributed by atoms with Crippen LogP contribution in [0.3, 0.4) is 0 Å². The fraction of sp³-hybridized carbons (Fsp3) is 0.375. The number of halogens is 1. The Labute approximate surface area is 133 Å². The van der Waals surface area contributed by atoms with E-state index in [2.05, 4.69) is 46.2 Å². The lowest BCUT2D eigenvalue weighted by Crippen LogP contribution is -2.28. The minimum Gasteiger partial charge on any atom is -0.369 e. The molecule has 0 radical (unpaired) electrons. The molecule has 0 aliphatic heterocycles. The molecule has 0 saturated carbocycles. The number of rotatable bonds is 7. The molecule has 0 unspecified atom stereocenters. The molecule has 1 N–H and O–H groups in total. The molecule has 21 heavy (non-hydrogen) atoms. The summed E-state index contributed by atoms with van der Waals surface area (Å²) in [5.74, 6) is 0.881. The molecular formula is C16H23ClN4. The monoisotopic (exact) mass is 306 g/mol. The Balaban J connectivity index is 0.00000220. The van der Waals surface area contributed by atoms with Crippen molar-refractivity contribution < 1.29 is 0 Å². The zero-order chi connectivity index (χ0) is 14.2. The van der Waals surface area contributed by atoms with Gasteiger partial charge in [0.05, 0.1) is 5.69 Å². The predicted molar refractivity (Wildman–Crippen MR) is 91.0 cm³/mol. The highest BCUT2D eigenvalue weighted by atomic mass is 35.5. The molecule has 0 atom stereocenters. The summed E-state index contributed by atoms with van der Waals surface area (Å²) in [4.78, 5) is 11.0. The molecule has 0 aliphatic rings. The molecule has 0 amide bonds. The third-order valence-electron chi connectivity index (χ3n) is 3.37. The van der Waals surface area contributed by atoms with Crippen molar-refractivity contribution in [3.05, 3.63) is 42.7 Å². The SMILES string of the molecule is CCN(CC)CCNc1cc(-c2ccccc2)ncn1.Cl. The van der Waals surface area contributed by atoms with E-state index in [9.17, 15) is 0 Å². The number of likely N-dealkylation sites (N-methyl/N-ethyl adjacent to an activating group) is 1. The van der Waals surface area contributed by atoms with Crippen molar-refractivity contribution in [3.63, 3.8) is 0 Å². The van der Waals surface area contributed by atoms with Crippen LogP contribution in [0, 0.1) is 0 Å². The molecule has 114 valence electrons. The molecule has 1 aromatic carbocycles. The summed E-state index contributed by atoms with van der Waals surface area (Å²) < 4.78 is 0. The molecule has 4 nitrogen and oxygen atoms in total. The van der Waals surface area contributed by atoms with Crippen molar-refractivity contribution in [2.24, 2.45) is 0 Å². The second-order valence-electron chi connectivity index (χ2n) is 4.61. The minimum absolute atomic E-state index is 0. The van der Waals surface area contributed by atoms with Gasteiger partial charge in [0.15, 0.2) is 0 Å². The average molecular weight is 307 g/mol. The van der Waals surface area contributed by atoms with Gasteiger partial charge >= 0.3 is 0 Å². The van der Waals surface area contributed by atoms with Crippen LogP contribution < -0.4 is 5.32 Å². The highest BCUT2D eigenvalue weighted by Gasteiger charge is 2.02. The molecule has 0 fully saturated rings. The van der Waals surface area contributed by atoms with E-state index in [-0.39, 0.29) is 12.4 Å². The van der Waals surface area contributed by atoms with Crippen LogP contribution in [0.1, 0.15) is 13.8 Å². The molecule has 0 saturated heterocycles. The molecule has 0 bridgehead atoms. The first-order chi connectivity index (χ1) is 9.83. The lowest BCUT2D eigenvalue weighted by atomic mass is 10.1. The van der Waals surface area contributed by atoms with Crippen molar-refractivity contribution in [2.45, 2.75) is 13.8 Å². The van der Waals surface area contributed by atoms with Gasteiger partial charge in [-0.2, -0.15) is 0 Å². The van der Waals surface area contributed by atoms with Gasteiger partial charge in [-0.15, -0.1) is 12.4 Å². The summed E-state index contributed by atoms with van der Waals surface area (Å²) in [6.45, 7) is 8.45. The smallest absolute Gasteiger partial charge is 0.129 e. The van der Waals surface area contributed by atoms with E-state index < -0.39 is 0 Å². The van der Waals surface area contributed by atoms with Crippen LogP contribution in [0.15, 0.2) is 42.7 Å². The van der Waals surface area contributed by atoms with E-state index in [0.717, 1.165) is 43.3 Å². The van der Waals surface area contributed by atoms with Gasteiger partial charge in [-0.25, -0.2) is 9.97 Å². The molecule has 1 aromatic heterocycles. The van der Waals surface area contributed by atoms with Crippen LogP contribution in [0.25, 0.3) is 11.3 Å². The van der Waals surface area contributed by atoms with Crippen LogP contribution >= 0.6 is 12.4 Å². The molecule has 0 spiro atoms. The zero-order valence-corrected chi connectivity index (χ0v) is 13.4. The topological polar surface area (TPSA) is 41.0 Å². The summed E-state index contributed by atoms with van der Waals surface area (Å²) in [6, 6.07) is 12.2. The first-order valence-electron chi connectivity index (χ1n) is 7.17. The standard InChI is InChI=1S/C16H22N4.ClH/c1-3-20(4-2)11-10-17-16-12-15(18-13-19-16)14-8-6-5-7-9-14;/h5-9,12-13H,3-4,10-11H2,1-2H3,(H,17,18,19);1H. The lowest BCUT2D eigenvalue weighted by Gasteiger charge is -2.18. The Morgan fingerprint density at radius 2 is 1.76 bits per heavy atom. The zero-order valence-electron chi connectivity index (χ0n) is 12.6. The summed E-state index contributed by atoms with van der Waals surface area (Å²) in [6.07, 6.45) is 1.61. The second kappa shape index (κ2) is 9.32. The third kappa shape index (κ3) is 5.33. The number of hydrogen-bond acceptors (Lipinski definition) is 4. The van der Waals surface area contributed by atoms with E-state index in [1.807, 2.05) is 24.3 Å². The maximum atomic E-state index is 4.32. The Hall–Kier alpha value is -1.65. The Bertz CT molecular complexity index is 515. The van der Waals surface area contributed by atoms with Gasteiger partial charge in [0.1, 0.15) is 12.1 Å². The molecule has 0 aliphatic carbocycles. The average Bonchev–Trinajstić information content (AvgIpc) is 2.53. The van der Waals surface area contributed by atoms with Gasteiger partial charge in [-0.3, -0.25) is 0 Å². The van der Waals surface area contributed by atoms with E-state index in [1.165, 1.54) is 0 Å². The minimum atomic E-state index is 0. The summed E-state index contributed by atoms with van der Waals surface area (Å²) in [5, 5.41) is 3.36. The number of aromatic nitrogens is 2. The van der Waals surface area contributed by atoms with E-state index in [4.69, 9.17) is 0 Å². The van der Waals surface area contributed by atoms with Gasteiger partial charge < -0.3 is 10.2 Å².